The fourth-order valence-corrected chi connectivity index (χ4v) is 5.13. The Morgan fingerprint density at radius 1 is 0.536 bits per heavy atom. The summed E-state index contributed by atoms with van der Waals surface area (Å²) in [6, 6.07) is 41.1. The largest absolute Gasteiger partial charge is 0.192 e. The highest BCUT2D eigenvalue weighted by Gasteiger charge is 2.14. The molecule has 0 amide bonds. The number of nitriles is 1. The molecule has 136 valence electrons. The average Bonchev–Trinajstić information content (AvgIpc) is 2.77. The maximum Gasteiger partial charge on any atom is 0.0991 e. The minimum Gasteiger partial charge on any atom is -0.192 e. The molecule has 0 aliphatic rings. The lowest BCUT2D eigenvalue weighted by molar-refractivity contribution is 1.49. The second kappa shape index (κ2) is 10.4. The number of hydrogen-bond acceptors (Lipinski definition) is 1. The first kappa shape index (κ1) is 19.8. The molecule has 4 aromatic rings. The van der Waals surface area contributed by atoms with Gasteiger partial charge in [0, 0.05) is 5.02 Å². The van der Waals surface area contributed by atoms with Crippen molar-refractivity contribution in [1.82, 2.24) is 0 Å². The predicted octanol–water partition coefficient (Wildman–Crippen LogP) is 5.66. The van der Waals surface area contributed by atoms with Crippen LogP contribution in [0, 0.1) is 11.3 Å². The first-order valence-electron chi connectivity index (χ1n) is 8.89. The van der Waals surface area contributed by atoms with E-state index in [9.17, 15) is 0 Å². The Balaban J connectivity index is 0.000000211. The summed E-state index contributed by atoms with van der Waals surface area (Å²) in [4.78, 5) is 0. The van der Waals surface area contributed by atoms with Crippen molar-refractivity contribution in [3.63, 3.8) is 0 Å². The lowest BCUT2D eigenvalue weighted by Crippen LogP contribution is -2.20. The van der Waals surface area contributed by atoms with Crippen LogP contribution in [-0.2, 0) is 0 Å². The van der Waals surface area contributed by atoms with E-state index in [-0.39, 0.29) is 0 Å². The van der Waals surface area contributed by atoms with Crippen LogP contribution in [0.1, 0.15) is 5.56 Å². The Kier molecular flexibility index (Phi) is 7.39. The molecule has 0 aliphatic heterocycles. The Morgan fingerprint density at radius 2 is 0.893 bits per heavy atom. The molecule has 0 spiro atoms. The molecule has 0 bridgehead atoms. The summed E-state index contributed by atoms with van der Waals surface area (Å²) in [5, 5.41) is 13.2. The van der Waals surface area contributed by atoms with Gasteiger partial charge >= 0.3 is 0 Å². The van der Waals surface area contributed by atoms with Crippen molar-refractivity contribution in [2.45, 2.75) is 0 Å². The molecule has 0 fully saturated rings. The minimum atomic E-state index is -0.446. The fraction of sp³-hybridized carbons (Fsp3) is 0. The van der Waals surface area contributed by atoms with Gasteiger partial charge in [0.15, 0.2) is 0 Å². The van der Waals surface area contributed by atoms with Gasteiger partial charge in [-0.15, -0.1) is 0 Å². The van der Waals surface area contributed by atoms with Crippen LogP contribution in [0.15, 0.2) is 115 Å². The van der Waals surface area contributed by atoms with Crippen molar-refractivity contribution < 1.29 is 0 Å². The Morgan fingerprint density at radius 3 is 1.21 bits per heavy atom. The van der Waals surface area contributed by atoms with Crippen molar-refractivity contribution in [2.24, 2.45) is 0 Å². The molecule has 0 saturated carbocycles. The van der Waals surface area contributed by atoms with Crippen molar-refractivity contribution in [1.29, 1.82) is 5.26 Å². The zero-order valence-electron chi connectivity index (χ0n) is 15.2. The van der Waals surface area contributed by atoms with Crippen molar-refractivity contribution >= 4 is 35.4 Å². The van der Waals surface area contributed by atoms with Crippen LogP contribution in [0.5, 0.6) is 0 Å². The van der Waals surface area contributed by atoms with Gasteiger partial charge in [-0.25, -0.2) is 0 Å². The molecule has 0 unspecified atom stereocenters. The Bertz CT molecular complexity index is 917. The Hall–Kier alpha value is -2.91. The molecule has 1 nitrogen and oxygen atoms in total. The SMILES string of the molecule is N#Cc1ccc(Cl)cc1.c1ccc(P(c2ccccc2)c2ccccc2)cc1. The number of halogens is 1. The molecule has 0 aliphatic carbocycles. The van der Waals surface area contributed by atoms with Crippen LogP contribution < -0.4 is 15.9 Å². The van der Waals surface area contributed by atoms with Crippen LogP contribution >= 0.6 is 19.5 Å². The molecular formula is C25H19ClNP. The molecule has 0 atom stereocenters. The van der Waals surface area contributed by atoms with Crippen molar-refractivity contribution in [2.75, 3.05) is 0 Å². The lowest BCUT2D eigenvalue weighted by atomic mass is 10.2. The molecular weight excluding hydrogens is 381 g/mol. The van der Waals surface area contributed by atoms with Gasteiger partial charge in [-0.3, -0.25) is 0 Å². The van der Waals surface area contributed by atoms with E-state index in [1.807, 2.05) is 6.07 Å². The van der Waals surface area contributed by atoms with Crippen LogP contribution in [0.25, 0.3) is 0 Å². The summed E-state index contributed by atoms with van der Waals surface area (Å²) >= 11 is 5.56. The molecule has 28 heavy (non-hydrogen) atoms. The van der Waals surface area contributed by atoms with E-state index in [1.165, 1.54) is 15.9 Å². The van der Waals surface area contributed by atoms with Gasteiger partial charge in [-0.05, 0) is 48.1 Å². The van der Waals surface area contributed by atoms with Gasteiger partial charge < -0.3 is 0 Å². The normalized spacial score (nSPS) is 9.89. The van der Waals surface area contributed by atoms with Gasteiger partial charge in [0.2, 0.25) is 0 Å². The highest BCUT2D eigenvalue weighted by molar-refractivity contribution is 7.79. The van der Waals surface area contributed by atoms with Gasteiger partial charge in [0.1, 0.15) is 0 Å². The van der Waals surface area contributed by atoms with Crippen molar-refractivity contribution in [3.05, 3.63) is 126 Å². The highest BCUT2D eigenvalue weighted by Crippen LogP contribution is 2.32. The van der Waals surface area contributed by atoms with E-state index in [2.05, 4.69) is 91.0 Å². The van der Waals surface area contributed by atoms with Crippen molar-refractivity contribution in [3.8, 4) is 6.07 Å². The number of nitrogens with zero attached hydrogens (tertiary/aromatic N) is 1. The van der Waals surface area contributed by atoms with Gasteiger partial charge in [0.05, 0.1) is 11.6 Å². The molecule has 0 N–H and O–H groups in total. The van der Waals surface area contributed by atoms with Crippen LogP contribution in [-0.4, -0.2) is 0 Å². The molecule has 0 saturated heterocycles. The summed E-state index contributed by atoms with van der Waals surface area (Å²) in [7, 11) is -0.446. The predicted molar refractivity (Wildman–Crippen MR) is 121 cm³/mol. The van der Waals surface area contributed by atoms with Gasteiger partial charge in [0.25, 0.3) is 0 Å². The molecule has 4 aromatic carbocycles. The van der Waals surface area contributed by atoms with Gasteiger partial charge in [-0.2, -0.15) is 5.26 Å². The molecule has 4 rings (SSSR count). The molecule has 0 heterocycles. The first-order chi connectivity index (χ1) is 13.8. The summed E-state index contributed by atoms with van der Waals surface area (Å²) in [6.07, 6.45) is 0. The van der Waals surface area contributed by atoms with Gasteiger partial charge in [-0.1, -0.05) is 103 Å². The summed E-state index contributed by atoms with van der Waals surface area (Å²) in [5.41, 5.74) is 0.638. The Labute approximate surface area is 172 Å². The highest BCUT2D eigenvalue weighted by atomic mass is 35.5. The lowest BCUT2D eigenvalue weighted by Gasteiger charge is -2.18. The zero-order valence-corrected chi connectivity index (χ0v) is 16.9. The van der Waals surface area contributed by atoms with E-state index in [1.54, 1.807) is 24.3 Å². The molecule has 3 heteroatoms. The summed E-state index contributed by atoms with van der Waals surface area (Å²) in [6.45, 7) is 0. The third-order valence-electron chi connectivity index (χ3n) is 4.02. The van der Waals surface area contributed by atoms with E-state index >= 15 is 0 Å². The maximum absolute atomic E-state index is 8.34. The molecule has 0 aromatic heterocycles. The smallest absolute Gasteiger partial charge is 0.0991 e. The van der Waals surface area contributed by atoms with E-state index in [0.717, 1.165) is 0 Å². The topological polar surface area (TPSA) is 23.8 Å². The second-order valence-electron chi connectivity index (χ2n) is 5.96. The zero-order chi connectivity index (χ0) is 19.6. The molecule has 0 radical (unpaired) electrons. The number of rotatable bonds is 3. The quantitative estimate of drug-likeness (QED) is 0.408. The van der Waals surface area contributed by atoms with E-state index in [0.29, 0.717) is 10.6 Å². The van der Waals surface area contributed by atoms with E-state index < -0.39 is 7.92 Å². The number of benzene rings is 4. The fourth-order valence-electron chi connectivity index (χ4n) is 2.70. The summed E-state index contributed by atoms with van der Waals surface area (Å²) < 4.78 is 0. The monoisotopic (exact) mass is 399 g/mol. The van der Waals surface area contributed by atoms with Crippen LogP contribution in [0.4, 0.5) is 0 Å². The number of hydrogen-bond donors (Lipinski definition) is 0. The minimum absolute atomic E-state index is 0.446. The third kappa shape index (κ3) is 5.54. The first-order valence-corrected chi connectivity index (χ1v) is 10.6. The third-order valence-corrected chi connectivity index (χ3v) is 6.71. The summed E-state index contributed by atoms with van der Waals surface area (Å²) in [5.74, 6) is 0. The maximum atomic E-state index is 8.34. The second-order valence-corrected chi connectivity index (χ2v) is 8.62. The van der Waals surface area contributed by atoms with E-state index in [4.69, 9.17) is 16.9 Å². The van der Waals surface area contributed by atoms with Crippen LogP contribution in [0.3, 0.4) is 0 Å². The average molecular weight is 400 g/mol. The standard InChI is InChI=1S/C18H15P.C7H4ClN/c1-4-10-16(11-5-1)19(17-12-6-2-7-13-17)18-14-8-3-9-15-18;8-7-3-1-6(5-9)2-4-7/h1-15H;1-4H. The van der Waals surface area contributed by atoms with Crippen LogP contribution in [0.2, 0.25) is 5.02 Å².